The van der Waals surface area contributed by atoms with Gasteiger partial charge in [0.2, 0.25) is 5.91 Å². The molecule has 0 radical (unpaired) electrons. The highest BCUT2D eigenvalue weighted by Gasteiger charge is 2.31. The van der Waals surface area contributed by atoms with Crippen LogP contribution in [0.25, 0.3) is 0 Å². The van der Waals surface area contributed by atoms with Gasteiger partial charge in [0.05, 0.1) is 0 Å². The molecule has 0 bridgehead atoms. The van der Waals surface area contributed by atoms with E-state index in [1.807, 2.05) is 20.8 Å². The summed E-state index contributed by atoms with van der Waals surface area (Å²) in [6.45, 7) is 10.9. The Bertz CT molecular complexity index is 677. The molecule has 0 aliphatic heterocycles. The molecule has 156 valence electrons. The van der Waals surface area contributed by atoms with Gasteiger partial charge in [-0.2, -0.15) is 0 Å². The number of hydrogen-bond acceptors (Lipinski definition) is 5. The summed E-state index contributed by atoms with van der Waals surface area (Å²) in [5, 5.41) is 14.6. The normalized spacial score (nSPS) is 13.9. The van der Waals surface area contributed by atoms with Crippen molar-refractivity contribution in [2.45, 2.75) is 72.1 Å². The topological polar surface area (TPSA) is 118 Å². The van der Waals surface area contributed by atoms with Crippen molar-refractivity contribution >= 4 is 18.0 Å². The quantitative estimate of drug-likeness (QED) is 0.655. The third kappa shape index (κ3) is 9.34. The van der Waals surface area contributed by atoms with Gasteiger partial charge >= 0.3 is 12.1 Å². The van der Waals surface area contributed by atoms with E-state index in [0.717, 1.165) is 5.56 Å². The van der Waals surface area contributed by atoms with E-state index in [2.05, 4.69) is 15.6 Å². The van der Waals surface area contributed by atoms with Gasteiger partial charge in [0, 0.05) is 18.8 Å². The summed E-state index contributed by atoms with van der Waals surface area (Å²) < 4.78 is 5.23. The molecule has 0 saturated heterocycles. The van der Waals surface area contributed by atoms with Gasteiger partial charge in [-0.15, -0.1) is 0 Å². The largest absolute Gasteiger partial charge is 0.480 e. The van der Waals surface area contributed by atoms with Crippen LogP contribution >= 0.6 is 0 Å². The Kier molecular flexibility index (Phi) is 7.96. The standard InChI is InChI=1S/C20H31N3O5/c1-19(2,3)12-15(23-18(27)28-20(4,5)6)16(24)22-14(17(25)26)11-13-7-9-21-10-8-13/h7-10,14-15H,11-12H2,1-6H3,(H,22,24)(H,23,27)(H,25,26)/t14-,15+/m0/s1. The van der Waals surface area contributed by atoms with Crippen molar-refractivity contribution in [3.8, 4) is 0 Å². The van der Waals surface area contributed by atoms with E-state index in [1.165, 1.54) is 0 Å². The van der Waals surface area contributed by atoms with Gasteiger partial charge in [-0.05, 0) is 50.3 Å². The van der Waals surface area contributed by atoms with Crippen molar-refractivity contribution in [2.24, 2.45) is 5.41 Å². The molecule has 8 nitrogen and oxygen atoms in total. The molecule has 1 aromatic rings. The zero-order chi connectivity index (χ0) is 21.5. The van der Waals surface area contributed by atoms with Gasteiger partial charge in [-0.1, -0.05) is 20.8 Å². The molecule has 1 aromatic heterocycles. The lowest BCUT2D eigenvalue weighted by Crippen LogP contribution is -2.53. The van der Waals surface area contributed by atoms with Crippen LogP contribution in [0.2, 0.25) is 0 Å². The fraction of sp³-hybridized carbons (Fsp3) is 0.600. The van der Waals surface area contributed by atoms with Crippen molar-refractivity contribution in [1.29, 1.82) is 0 Å². The third-order valence-electron chi connectivity index (χ3n) is 3.63. The van der Waals surface area contributed by atoms with E-state index in [-0.39, 0.29) is 11.8 Å². The van der Waals surface area contributed by atoms with Crippen LogP contribution in [0.4, 0.5) is 4.79 Å². The maximum atomic E-state index is 12.8. The lowest BCUT2D eigenvalue weighted by atomic mass is 9.87. The van der Waals surface area contributed by atoms with Gasteiger partial charge in [0.25, 0.3) is 0 Å². The van der Waals surface area contributed by atoms with Crippen molar-refractivity contribution < 1.29 is 24.2 Å². The van der Waals surface area contributed by atoms with E-state index in [9.17, 15) is 19.5 Å². The molecule has 2 amide bonds. The number of aromatic nitrogens is 1. The van der Waals surface area contributed by atoms with Crippen LogP contribution in [0.15, 0.2) is 24.5 Å². The fourth-order valence-electron chi connectivity index (χ4n) is 2.50. The molecule has 0 aliphatic carbocycles. The number of alkyl carbamates (subject to hydrolysis) is 1. The SMILES string of the molecule is CC(C)(C)C[C@@H](NC(=O)OC(C)(C)C)C(=O)N[C@@H](Cc1ccncc1)C(=O)O. The Hall–Kier alpha value is -2.64. The summed E-state index contributed by atoms with van der Waals surface area (Å²) in [5.41, 5.74) is -0.256. The number of carbonyl (C=O) groups is 3. The lowest BCUT2D eigenvalue weighted by Gasteiger charge is -2.28. The van der Waals surface area contributed by atoms with Crippen LogP contribution in [0.1, 0.15) is 53.5 Å². The van der Waals surface area contributed by atoms with Gasteiger partial charge in [-0.3, -0.25) is 9.78 Å². The minimum Gasteiger partial charge on any atom is -0.480 e. The van der Waals surface area contributed by atoms with Crippen LogP contribution in [0.5, 0.6) is 0 Å². The van der Waals surface area contributed by atoms with Crippen molar-refractivity contribution in [1.82, 2.24) is 15.6 Å². The first kappa shape index (κ1) is 23.4. The molecular formula is C20H31N3O5. The smallest absolute Gasteiger partial charge is 0.408 e. The van der Waals surface area contributed by atoms with Crippen LogP contribution in [0.3, 0.4) is 0 Å². The predicted molar refractivity (Wildman–Crippen MR) is 105 cm³/mol. The van der Waals surface area contributed by atoms with Gasteiger partial charge in [-0.25, -0.2) is 9.59 Å². The predicted octanol–water partition coefficient (Wildman–Crippen LogP) is 2.52. The Morgan fingerprint density at radius 1 is 1.04 bits per heavy atom. The maximum absolute atomic E-state index is 12.8. The number of rotatable bonds is 7. The van der Waals surface area contributed by atoms with Gasteiger partial charge < -0.3 is 20.5 Å². The van der Waals surface area contributed by atoms with E-state index < -0.39 is 35.7 Å². The van der Waals surface area contributed by atoms with Crippen molar-refractivity contribution in [3.05, 3.63) is 30.1 Å². The van der Waals surface area contributed by atoms with Crippen molar-refractivity contribution in [2.75, 3.05) is 0 Å². The molecule has 0 saturated carbocycles. The molecule has 0 unspecified atom stereocenters. The number of nitrogens with one attached hydrogen (secondary N) is 2. The third-order valence-corrected chi connectivity index (χ3v) is 3.63. The summed E-state index contributed by atoms with van der Waals surface area (Å²) in [6, 6.07) is 1.33. The molecule has 0 spiro atoms. The summed E-state index contributed by atoms with van der Waals surface area (Å²) in [6.07, 6.45) is 2.82. The Labute approximate surface area is 166 Å². The van der Waals surface area contributed by atoms with Crippen LogP contribution in [-0.2, 0) is 20.7 Å². The molecule has 28 heavy (non-hydrogen) atoms. The maximum Gasteiger partial charge on any atom is 0.408 e. The summed E-state index contributed by atoms with van der Waals surface area (Å²) >= 11 is 0. The molecule has 0 fully saturated rings. The summed E-state index contributed by atoms with van der Waals surface area (Å²) in [5.74, 6) is -1.72. The first-order chi connectivity index (χ1) is 12.8. The Morgan fingerprint density at radius 3 is 2.07 bits per heavy atom. The average Bonchev–Trinajstić information content (AvgIpc) is 2.51. The van der Waals surface area contributed by atoms with Crippen LogP contribution in [-0.4, -0.2) is 45.7 Å². The van der Waals surface area contributed by atoms with Gasteiger partial charge in [0.1, 0.15) is 17.7 Å². The van der Waals surface area contributed by atoms with E-state index in [4.69, 9.17) is 4.74 Å². The molecule has 8 heteroatoms. The second kappa shape index (κ2) is 9.52. The molecule has 1 rings (SSSR count). The second-order valence-corrected chi connectivity index (χ2v) is 8.92. The lowest BCUT2D eigenvalue weighted by molar-refractivity contribution is -0.142. The number of aliphatic carboxylic acids is 1. The first-order valence-electron chi connectivity index (χ1n) is 9.18. The number of hydrogen-bond donors (Lipinski definition) is 3. The molecule has 2 atom stereocenters. The number of ether oxygens (including phenoxy) is 1. The minimum absolute atomic E-state index is 0.109. The van der Waals surface area contributed by atoms with Crippen LogP contribution in [0, 0.1) is 5.41 Å². The molecular weight excluding hydrogens is 362 g/mol. The number of amides is 2. The zero-order valence-corrected chi connectivity index (χ0v) is 17.4. The fourth-order valence-corrected chi connectivity index (χ4v) is 2.50. The summed E-state index contributed by atoms with van der Waals surface area (Å²) in [4.78, 5) is 40.4. The molecule has 1 heterocycles. The monoisotopic (exact) mass is 393 g/mol. The molecule has 0 aromatic carbocycles. The van der Waals surface area contributed by atoms with E-state index in [1.54, 1.807) is 45.3 Å². The van der Waals surface area contributed by atoms with E-state index in [0.29, 0.717) is 6.42 Å². The highest BCUT2D eigenvalue weighted by molar-refractivity contribution is 5.89. The minimum atomic E-state index is -1.16. The second-order valence-electron chi connectivity index (χ2n) is 8.92. The Balaban J connectivity index is 2.90. The zero-order valence-electron chi connectivity index (χ0n) is 17.4. The first-order valence-corrected chi connectivity index (χ1v) is 9.18. The van der Waals surface area contributed by atoms with E-state index >= 15 is 0 Å². The van der Waals surface area contributed by atoms with Crippen LogP contribution < -0.4 is 10.6 Å². The average molecular weight is 393 g/mol. The number of nitrogens with zero attached hydrogens (tertiary/aromatic N) is 1. The highest BCUT2D eigenvalue weighted by atomic mass is 16.6. The number of carboxylic acid groups (broad SMARTS) is 1. The molecule has 0 aliphatic rings. The van der Waals surface area contributed by atoms with Crippen molar-refractivity contribution in [3.63, 3.8) is 0 Å². The number of carboxylic acids is 1. The Morgan fingerprint density at radius 2 is 1.61 bits per heavy atom. The molecule has 3 N–H and O–H groups in total. The van der Waals surface area contributed by atoms with Gasteiger partial charge in [0.15, 0.2) is 0 Å². The number of pyridine rings is 1. The number of carbonyl (C=O) groups excluding carboxylic acids is 2. The highest BCUT2D eigenvalue weighted by Crippen LogP contribution is 2.21. The summed E-state index contributed by atoms with van der Waals surface area (Å²) in [7, 11) is 0.